The average Bonchev–Trinajstić information content (AvgIpc) is 2.51. The summed E-state index contributed by atoms with van der Waals surface area (Å²) in [5.74, 6) is 1.34. The molecule has 0 aromatic carbocycles. The molecule has 0 spiro atoms. The molecule has 0 aromatic rings. The topological polar surface area (TPSA) is 24.4 Å². The van der Waals surface area contributed by atoms with Crippen LogP contribution in [0.1, 0.15) is 20.8 Å². The Hall–Kier alpha value is -1.31. The lowest BCUT2D eigenvalue weighted by Crippen LogP contribution is -2.24. The second-order valence-electron chi connectivity index (χ2n) is 3.34. The summed E-state index contributed by atoms with van der Waals surface area (Å²) in [6.07, 6.45) is 5.81. The van der Waals surface area contributed by atoms with E-state index in [1.165, 1.54) is 0 Å². The zero-order valence-electron chi connectivity index (χ0n) is 8.46. The minimum absolute atomic E-state index is 0.432. The van der Waals surface area contributed by atoms with E-state index in [9.17, 15) is 0 Å². The van der Waals surface area contributed by atoms with Gasteiger partial charge in [-0.2, -0.15) is 0 Å². The maximum absolute atomic E-state index is 4.21. The Balaban J connectivity index is 2.62. The van der Waals surface area contributed by atoms with Crippen molar-refractivity contribution in [3.63, 3.8) is 0 Å². The van der Waals surface area contributed by atoms with Crippen molar-refractivity contribution in [2.75, 3.05) is 0 Å². The molecular formula is C11H16N2. The summed E-state index contributed by atoms with van der Waals surface area (Å²) in [5, 5.41) is 3.20. The highest BCUT2D eigenvalue weighted by atomic mass is 15.0. The third-order valence-electron chi connectivity index (χ3n) is 2.02. The van der Waals surface area contributed by atoms with Crippen molar-refractivity contribution in [1.29, 1.82) is 0 Å². The molecule has 0 amide bonds. The minimum atomic E-state index is 0.432. The van der Waals surface area contributed by atoms with Gasteiger partial charge in [0, 0.05) is 17.5 Å². The van der Waals surface area contributed by atoms with Crippen LogP contribution in [0.25, 0.3) is 0 Å². The molecule has 0 aliphatic carbocycles. The molecule has 0 aromatic heterocycles. The first kappa shape index (κ1) is 9.78. The third-order valence-corrected chi connectivity index (χ3v) is 2.02. The number of nitrogens with zero attached hydrogens (tertiary/aromatic N) is 1. The highest BCUT2D eigenvalue weighted by Gasteiger charge is 2.09. The van der Waals surface area contributed by atoms with Crippen LogP contribution in [0.4, 0.5) is 0 Å². The van der Waals surface area contributed by atoms with E-state index >= 15 is 0 Å². The predicted octanol–water partition coefficient (Wildman–Crippen LogP) is 2.62. The third kappa shape index (κ3) is 2.31. The average molecular weight is 176 g/mol. The summed E-state index contributed by atoms with van der Waals surface area (Å²) < 4.78 is 0. The molecule has 1 heterocycles. The van der Waals surface area contributed by atoms with Gasteiger partial charge in [0.2, 0.25) is 0 Å². The number of allylic oxidation sites excluding steroid dienone is 2. The van der Waals surface area contributed by atoms with Crippen molar-refractivity contribution < 1.29 is 0 Å². The molecule has 0 bridgehead atoms. The van der Waals surface area contributed by atoms with E-state index in [0.717, 1.165) is 17.1 Å². The molecule has 1 N–H and O–H groups in total. The van der Waals surface area contributed by atoms with Gasteiger partial charge < -0.3 is 5.32 Å². The maximum atomic E-state index is 4.21. The Labute approximate surface area is 79.8 Å². The van der Waals surface area contributed by atoms with E-state index in [1.807, 2.05) is 19.1 Å². The Morgan fingerprint density at radius 1 is 1.62 bits per heavy atom. The fourth-order valence-corrected chi connectivity index (χ4v) is 0.979. The summed E-state index contributed by atoms with van der Waals surface area (Å²) >= 11 is 0. The summed E-state index contributed by atoms with van der Waals surface area (Å²) in [5.41, 5.74) is 2.13. The van der Waals surface area contributed by atoms with E-state index in [0.29, 0.717) is 5.92 Å². The lowest BCUT2D eigenvalue weighted by Gasteiger charge is -2.12. The van der Waals surface area contributed by atoms with E-state index in [4.69, 9.17) is 0 Å². The van der Waals surface area contributed by atoms with Gasteiger partial charge in [-0.05, 0) is 18.9 Å². The summed E-state index contributed by atoms with van der Waals surface area (Å²) in [6.45, 7) is 10.1. The highest BCUT2D eigenvalue weighted by Crippen LogP contribution is 2.10. The fourth-order valence-electron chi connectivity index (χ4n) is 0.979. The lowest BCUT2D eigenvalue weighted by molar-refractivity contribution is 0.731. The van der Waals surface area contributed by atoms with Crippen LogP contribution in [0.3, 0.4) is 0 Å². The van der Waals surface area contributed by atoms with Gasteiger partial charge in [-0.25, -0.2) is 4.99 Å². The molecule has 1 aliphatic heterocycles. The first-order valence-corrected chi connectivity index (χ1v) is 4.52. The van der Waals surface area contributed by atoms with E-state index in [1.54, 1.807) is 6.20 Å². The van der Waals surface area contributed by atoms with Gasteiger partial charge in [0.05, 0.1) is 0 Å². The number of nitrogens with one attached hydrogen (secondary N) is 1. The molecule has 70 valence electrons. The zero-order chi connectivity index (χ0) is 9.84. The smallest absolute Gasteiger partial charge is 0.137 e. The normalized spacial score (nSPS) is 18.2. The van der Waals surface area contributed by atoms with Gasteiger partial charge in [-0.15, -0.1) is 0 Å². The molecule has 2 nitrogen and oxygen atoms in total. The Kier molecular flexibility index (Phi) is 3.07. The standard InChI is InChI=1S/C11H16N2/c1-5-10-6-7-12-11(10)13-9(4)8(2)3/h5-8H,4H2,1-3H3,(H,12,13)/b10-5-. The first-order valence-electron chi connectivity index (χ1n) is 4.52. The second-order valence-corrected chi connectivity index (χ2v) is 3.34. The molecule has 13 heavy (non-hydrogen) atoms. The zero-order valence-corrected chi connectivity index (χ0v) is 8.46. The van der Waals surface area contributed by atoms with Gasteiger partial charge in [-0.3, -0.25) is 0 Å². The van der Waals surface area contributed by atoms with E-state index < -0.39 is 0 Å². The van der Waals surface area contributed by atoms with Gasteiger partial charge in [-0.1, -0.05) is 26.5 Å². The van der Waals surface area contributed by atoms with Crippen LogP contribution in [0, 0.1) is 5.92 Å². The Morgan fingerprint density at radius 3 is 2.85 bits per heavy atom. The van der Waals surface area contributed by atoms with Crippen LogP contribution < -0.4 is 5.32 Å². The molecule has 2 heteroatoms. The Bertz CT molecular complexity index is 293. The molecule has 0 fully saturated rings. The number of amidine groups is 1. The molecule has 0 unspecified atom stereocenters. The van der Waals surface area contributed by atoms with Crippen molar-refractivity contribution >= 4 is 5.84 Å². The number of aliphatic imine (C=N–C) groups is 1. The number of hydrogen-bond acceptors (Lipinski definition) is 2. The molecular weight excluding hydrogens is 160 g/mol. The molecule has 0 atom stereocenters. The molecule has 0 radical (unpaired) electrons. The monoisotopic (exact) mass is 176 g/mol. The van der Waals surface area contributed by atoms with Crippen LogP contribution in [-0.2, 0) is 0 Å². The minimum Gasteiger partial charge on any atom is -0.344 e. The van der Waals surface area contributed by atoms with Crippen LogP contribution in [0.2, 0.25) is 0 Å². The molecule has 1 rings (SSSR count). The lowest BCUT2D eigenvalue weighted by atomic mass is 10.1. The predicted molar refractivity (Wildman–Crippen MR) is 57.4 cm³/mol. The Morgan fingerprint density at radius 2 is 2.31 bits per heavy atom. The van der Waals surface area contributed by atoms with Gasteiger partial charge in [0.1, 0.15) is 5.84 Å². The first-order chi connectivity index (χ1) is 6.15. The van der Waals surface area contributed by atoms with Gasteiger partial charge in [0.15, 0.2) is 0 Å². The van der Waals surface area contributed by atoms with Crippen LogP contribution in [0.5, 0.6) is 0 Å². The van der Waals surface area contributed by atoms with Crippen LogP contribution in [0.15, 0.2) is 41.2 Å². The summed E-state index contributed by atoms with van der Waals surface area (Å²) in [4.78, 5) is 4.21. The largest absolute Gasteiger partial charge is 0.344 e. The number of rotatable bonds is 2. The summed E-state index contributed by atoms with van der Waals surface area (Å²) in [7, 11) is 0. The van der Waals surface area contributed by atoms with Crippen molar-refractivity contribution in [2.45, 2.75) is 20.8 Å². The van der Waals surface area contributed by atoms with E-state index in [-0.39, 0.29) is 0 Å². The van der Waals surface area contributed by atoms with Crippen molar-refractivity contribution in [2.24, 2.45) is 10.9 Å². The maximum Gasteiger partial charge on any atom is 0.137 e. The van der Waals surface area contributed by atoms with E-state index in [2.05, 4.69) is 30.7 Å². The van der Waals surface area contributed by atoms with Gasteiger partial charge >= 0.3 is 0 Å². The molecule has 0 saturated carbocycles. The highest BCUT2D eigenvalue weighted by molar-refractivity contribution is 6.03. The van der Waals surface area contributed by atoms with Crippen LogP contribution >= 0.6 is 0 Å². The fraction of sp³-hybridized carbons (Fsp3) is 0.364. The van der Waals surface area contributed by atoms with Crippen LogP contribution in [-0.4, -0.2) is 5.84 Å². The van der Waals surface area contributed by atoms with Crippen molar-refractivity contribution in [3.05, 3.63) is 36.2 Å². The molecule has 0 saturated heterocycles. The quantitative estimate of drug-likeness (QED) is 0.687. The molecule has 1 aliphatic rings. The van der Waals surface area contributed by atoms with Gasteiger partial charge in [0.25, 0.3) is 0 Å². The second kappa shape index (κ2) is 4.08. The van der Waals surface area contributed by atoms with Crippen molar-refractivity contribution in [3.8, 4) is 0 Å². The SMILES string of the molecule is C=C(NC1=NC=C/C1=C/C)C(C)C. The number of hydrogen-bond donors (Lipinski definition) is 1. The summed E-state index contributed by atoms with van der Waals surface area (Å²) in [6, 6.07) is 0. The van der Waals surface area contributed by atoms with Crippen molar-refractivity contribution in [1.82, 2.24) is 5.32 Å².